The summed E-state index contributed by atoms with van der Waals surface area (Å²) in [5, 5.41) is 16.2. The summed E-state index contributed by atoms with van der Waals surface area (Å²) in [7, 11) is 1.60. The Morgan fingerprint density at radius 3 is 2.57 bits per heavy atom. The molecule has 0 bridgehead atoms. The summed E-state index contributed by atoms with van der Waals surface area (Å²) in [5.41, 5.74) is 3.15. The van der Waals surface area contributed by atoms with Crippen LogP contribution in [0.15, 0.2) is 71.7 Å². The molecule has 3 heterocycles. The van der Waals surface area contributed by atoms with E-state index in [9.17, 15) is 14.9 Å². The van der Waals surface area contributed by atoms with Gasteiger partial charge in [-0.2, -0.15) is 5.26 Å². The van der Waals surface area contributed by atoms with Crippen LogP contribution in [-0.2, 0) is 6.54 Å². The zero-order valence-electron chi connectivity index (χ0n) is 20.4. The molecule has 0 unspecified atom stereocenters. The van der Waals surface area contributed by atoms with E-state index in [0.29, 0.717) is 40.2 Å². The van der Waals surface area contributed by atoms with Gasteiger partial charge in [-0.3, -0.25) is 9.36 Å². The van der Waals surface area contributed by atoms with Crippen molar-refractivity contribution in [3.05, 3.63) is 88.3 Å². The van der Waals surface area contributed by atoms with E-state index in [1.807, 2.05) is 42.5 Å². The molecule has 2 N–H and O–H groups in total. The number of nitrogens with one attached hydrogen (secondary N) is 2. The Kier molecular flexibility index (Phi) is 6.72. The van der Waals surface area contributed by atoms with Gasteiger partial charge in [-0.15, -0.1) is 0 Å². The van der Waals surface area contributed by atoms with Gasteiger partial charge in [0.2, 0.25) is 0 Å². The molecule has 2 aromatic carbocycles. The van der Waals surface area contributed by atoms with Crippen molar-refractivity contribution in [1.29, 1.82) is 5.26 Å². The average molecular weight is 495 g/mol. The fourth-order valence-corrected chi connectivity index (χ4v) is 4.43. The number of amides is 2. The summed E-state index contributed by atoms with van der Waals surface area (Å²) in [6.07, 6.45) is 3.50. The third kappa shape index (κ3) is 5.23. The molecule has 0 atom stereocenters. The van der Waals surface area contributed by atoms with Gasteiger partial charge in [0.05, 0.1) is 19.2 Å². The summed E-state index contributed by atoms with van der Waals surface area (Å²) in [6.45, 7) is 1.81. The molecule has 2 aromatic heterocycles. The van der Waals surface area contributed by atoms with Gasteiger partial charge in [0, 0.05) is 36.0 Å². The summed E-state index contributed by atoms with van der Waals surface area (Å²) < 4.78 is 6.82. The number of ether oxygens (including phenoxy) is 1. The highest BCUT2D eigenvalue weighted by molar-refractivity contribution is 5.90. The predicted octanol–water partition coefficient (Wildman–Crippen LogP) is 4.70. The lowest BCUT2D eigenvalue weighted by Gasteiger charge is -2.17. The first kappa shape index (κ1) is 23.9. The maximum Gasteiger partial charge on any atom is 0.321 e. The molecule has 1 aliphatic rings. The number of nitrogens with zero attached hydrogens (tertiary/aromatic N) is 4. The summed E-state index contributed by atoms with van der Waals surface area (Å²) >= 11 is 0. The molecule has 9 heteroatoms. The molecule has 0 aliphatic carbocycles. The van der Waals surface area contributed by atoms with Crippen LogP contribution in [0, 0.1) is 11.3 Å². The fraction of sp³-hybridized carbons (Fsp3) is 0.214. The maximum absolute atomic E-state index is 13.6. The van der Waals surface area contributed by atoms with Crippen LogP contribution in [0.4, 0.5) is 21.9 Å². The minimum absolute atomic E-state index is 0.127. The van der Waals surface area contributed by atoms with E-state index >= 15 is 0 Å². The number of likely N-dealkylation sites (tertiary alicyclic amines) is 1. The number of rotatable bonds is 6. The third-order valence-electron chi connectivity index (χ3n) is 6.34. The van der Waals surface area contributed by atoms with Gasteiger partial charge in [0.25, 0.3) is 5.56 Å². The van der Waals surface area contributed by atoms with Crippen LogP contribution in [-0.4, -0.2) is 40.7 Å². The molecular formula is C28H26N6O3. The topological polar surface area (TPSA) is 112 Å². The van der Waals surface area contributed by atoms with Crippen molar-refractivity contribution in [2.45, 2.75) is 19.4 Å². The number of carbonyl (C=O) groups excluding carboxylic acids is 1. The maximum atomic E-state index is 13.6. The van der Waals surface area contributed by atoms with E-state index in [1.165, 1.54) is 6.20 Å². The highest BCUT2D eigenvalue weighted by atomic mass is 16.5. The number of anilines is 3. The predicted molar refractivity (Wildman–Crippen MR) is 142 cm³/mol. The van der Waals surface area contributed by atoms with Gasteiger partial charge in [-0.1, -0.05) is 18.2 Å². The smallest absolute Gasteiger partial charge is 0.321 e. The fourth-order valence-electron chi connectivity index (χ4n) is 4.43. The van der Waals surface area contributed by atoms with Crippen LogP contribution in [0.5, 0.6) is 5.75 Å². The van der Waals surface area contributed by atoms with E-state index in [-0.39, 0.29) is 11.6 Å². The first-order chi connectivity index (χ1) is 18.0. The highest BCUT2D eigenvalue weighted by Gasteiger charge is 2.18. The molecule has 9 nitrogen and oxygen atoms in total. The minimum atomic E-state index is -0.257. The number of methoxy groups -OCH3 is 1. The highest BCUT2D eigenvalue weighted by Crippen LogP contribution is 2.23. The number of aromatic nitrogens is 2. The van der Waals surface area contributed by atoms with Crippen LogP contribution in [0.2, 0.25) is 0 Å². The second-order valence-electron chi connectivity index (χ2n) is 8.88. The van der Waals surface area contributed by atoms with Crippen LogP contribution in [0.1, 0.15) is 24.0 Å². The van der Waals surface area contributed by atoms with Gasteiger partial charge in [0.15, 0.2) is 0 Å². The Hall–Kier alpha value is -4.84. The number of nitriles is 1. The van der Waals surface area contributed by atoms with Crippen molar-refractivity contribution in [2.24, 2.45) is 0 Å². The first-order valence-corrected chi connectivity index (χ1v) is 12.0. The third-order valence-corrected chi connectivity index (χ3v) is 6.34. The number of carbonyl (C=O) groups is 1. The number of benzene rings is 2. The SMILES string of the molecule is COc1ccc(Cn2c(=O)c(Nc3cccc(NC(=O)N4CCCC4)c3)cc3cc(C#N)cnc32)cc1. The van der Waals surface area contributed by atoms with Crippen LogP contribution in [0.25, 0.3) is 11.0 Å². The van der Waals surface area contributed by atoms with E-state index in [4.69, 9.17) is 4.74 Å². The van der Waals surface area contributed by atoms with Crippen LogP contribution < -0.4 is 20.9 Å². The number of urea groups is 1. The van der Waals surface area contributed by atoms with Crippen molar-refractivity contribution in [3.8, 4) is 11.8 Å². The lowest BCUT2D eigenvalue weighted by molar-refractivity contribution is 0.222. The van der Waals surface area contributed by atoms with Gasteiger partial charge in [-0.25, -0.2) is 9.78 Å². The van der Waals surface area contributed by atoms with E-state index < -0.39 is 0 Å². The van der Waals surface area contributed by atoms with Crippen molar-refractivity contribution < 1.29 is 9.53 Å². The summed E-state index contributed by atoms with van der Waals surface area (Å²) in [5.74, 6) is 0.727. The van der Waals surface area contributed by atoms with E-state index in [2.05, 4.69) is 21.7 Å². The molecule has 186 valence electrons. The van der Waals surface area contributed by atoms with Crippen molar-refractivity contribution in [2.75, 3.05) is 30.8 Å². The lowest BCUT2D eigenvalue weighted by atomic mass is 10.1. The second kappa shape index (κ2) is 10.4. The lowest BCUT2D eigenvalue weighted by Crippen LogP contribution is -2.32. The number of pyridine rings is 2. The zero-order valence-corrected chi connectivity index (χ0v) is 20.4. The van der Waals surface area contributed by atoms with Crippen molar-refractivity contribution in [3.63, 3.8) is 0 Å². The number of fused-ring (bicyclic) bond motifs is 1. The Morgan fingerprint density at radius 1 is 1.08 bits per heavy atom. The number of hydrogen-bond donors (Lipinski definition) is 2. The molecule has 37 heavy (non-hydrogen) atoms. The molecule has 1 fully saturated rings. The summed E-state index contributed by atoms with van der Waals surface area (Å²) in [6, 6.07) is 20.1. The van der Waals surface area contributed by atoms with E-state index in [1.54, 1.807) is 34.8 Å². The largest absolute Gasteiger partial charge is 0.497 e. The molecule has 2 amide bonds. The van der Waals surface area contributed by atoms with Gasteiger partial charge < -0.3 is 20.3 Å². The Labute approximate surface area is 213 Å². The minimum Gasteiger partial charge on any atom is -0.497 e. The average Bonchev–Trinajstić information content (AvgIpc) is 3.47. The molecule has 4 aromatic rings. The van der Waals surface area contributed by atoms with Crippen LogP contribution >= 0.6 is 0 Å². The van der Waals surface area contributed by atoms with Gasteiger partial charge in [-0.05, 0) is 60.9 Å². The monoisotopic (exact) mass is 494 g/mol. The molecule has 5 rings (SSSR count). The molecule has 1 aliphatic heterocycles. The molecular weight excluding hydrogens is 468 g/mol. The summed E-state index contributed by atoms with van der Waals surface area (Å²) in [4.78, 5) is 32.3. The molecule has 0 saturated carbocycles. The Morgan fingerprint density at radius 2 is 1.84 bits per heavy atom. The zero-order chi connectivity index (χ0) is 25.8. The molecule has 0 radical (unpaired) electrons. The Bertz CT molecular complexity index is 1550. The van der Waals surface area contributed by atoms with Crippen molar-refractivity contribution in [1.82, 2.24) is 14.5 Å². The normalized spacial score (nSPS) is 12.8. The second-order valence-corrected chi connectivity index (χ2v) is 8.88. The van der Waals surface area contributed by atoms with E-state index in [0.717, 1.165) is 37.2 Å². The standard InChI is InChI=1S/C28H26N6O3/c1-37-24-9-7-19(8-10-24)18-34-26-21(13-20(16-29)17-30-26)14-25(27(34)35)31-22-5-4-6-23(15-22)32-28(36)33-11-2-3-12-33/h4-10,13-15,17,31H,2-3,11-12,18H2,1H3,(H,32,36). The van der Waals surface area contributed by atoms with Gasteiger partial charge in [0.1, 0.15) is 23.2 Å². The molecule has 0 spiro atoms. The van der Waals surface area contributed by atoms with Crippen molar-refractivity contribution >= 4 is 34.1 Å². The Balaban J connectivity index is 1.48. The number of hydrogen-bond acceptors (Lipinski definition) is 6. The van der Waals surface area contributed by atoms with Gasteiger partial charge >= 0.3 is 6.03 Å². The first-order valence-electron chi connectivity index (χ1n) is 12.0. The van der Waals surface area contributed by atoms with Crippen LogP contribution in [0.3, 0.4) is 0 Å². The molecule has 1 saturated heterocycles. The quantitative estimate of drug-likeness (QED) is 0.402.